The normalized spacial score (nSPS) is 19.7. The lowest BCUT2D eigenvalue weighted by atomic mass is 9.97. The number of carbonyl (C=O) groups excluding carboxylic acids is 4. The number of hydrogen-bond donors (Lipinski definition) is 6. The van der Waals surface area contributed by atoms with Crippen LogP contribution in [0.25, 0.3) is 0 Å². The summed E-state index contributed by atoms with van der Waals surface area (Å²) in [5.74, 6) is -4.46. The first-order valence-electron chi connectivity index (χ1n) is 10.6. The van der Waals surface area contributed by atoms with Gasteiger partial charge in [0.05, 0.1) is 12.5 Å². The maximum atomic E-state index is 12.8. The number of carbonyl (C=O) groups is 5. The van der Waals surface area contributed by atoms with Crippen molar-refractivity contribution in [3.05, 3.63) is 0 Å². The maximum Gasteiger partial charge on any atom is 0.326 e. The number of carboxylic acid groups (broad SMARTS) is 1. The minimum absolute atomic E-state index is 0.314. The summed E-state index contributed by atoms with van der Waals surface area (Å²) in [6.45, 7) is 7.57. The standard InChI is InChI=1S/C20H35N5O6/c1-5-11(4)16(20(30)31)25-19(29)15(10(2)3)24-18(28)13(9-14(21)26)23-17(27)12-7-6-8-22-12/h10-13,15-16,22H,5-9H2,1-4H3,(H2,21,26)(H,23,27)(H,24,28)(H,25,29)(H,30,31). The largest absolute Gasteiger partial charge is 0.480 e. The summed E-state index contributed by atoms with van der Waals surface area (Å²) in [6.07, 6.45) is 1.54. The van der Waals surface area contributed by atoms with E-state index in [9.17, 15) is 29.1 Å². The second kappa shape index (κ2) is 12.2. The molecule has 5 unspecified atom stereocenters. The molecule has 11 nitrogen and oxygen atoms in total. The second-order valence-electron chi connectivity index (χ2n) is 8.32. The highest BCUT2D eigenvalue weighted by Crippen LogP contribution is 2.11. The van der Waals surface area contributed by atoms with Crippen molar-refractivity contribution in [2.24, 2.45) is 17.6 Å². The highest BCUT2D eigenvalue weighted by Gasteiger charge is 2.34. The first-order chi connectivity index (χ1) is 14.5. The van der Waals surface area contributed by atoms with Crippen molar-refractivity contribution in [2.45, 2.75) is 77.5 Å². The predicted octanol–water partition coefficient (Wildman–Crippen LogP) is -1.15. The van der Waals surface area contributed by atoms with Gasteiger partial charge in [-0.3, -0.25) is 19.2 Å². The Labute approximate surface area is 182 Å². The molecule has 0 saturated carbocycles. The van der Waals surface area contributed by atoms with Crippen LogP contribution in [0.5, 0.6) is 0 Å². The summed E-state index contributed by atoms with van der Waals surface area (Å²) >= 11 is 0. The van der Waals surface area contributed by atoms with E-state index in [1.54, 1.807) is 20.8 Å². The molecule has 0 aromatic rings. The SMILES string of the molecule is CCC(C)C(NC(=O)C(NC(=O)C(CC(N)=O)NC(=O)C1CCCN1)C(C)C)C(=O)O. The average Bonchev–Trinajstić information content (AvgIpc) is 3.22. The van der Waals surface area contributed by atoms with Crippen LogP contribution in [-0.2, 0) is 24.0 Å². The summed E-state index contributed by atoms with van der Waals surface area (Å²) in [5, 5.41) is 19.9. The summed E-state index contributed by atoms with van der Waals surface area (Å²) in [4.78, 5) is 60.9. The van der Waals surface area contributed by atoms with E-state index in [4.69, 9.17) is 5.73 Å². The van der Waals surface area contributed by atoms with Crippen LogP contribution < -0.4 is 27.0 Å². The lowest BCUT2D eigenvalue weighted by molar-refractivity contribution is -0.144. The predicted molar refractivity (Wildman–Crippen MR) is 113 cm³/mol. The van der Waals surface area contributed by atoms with E-state index in [-0.39, 0.29) is 11.8 Å². The van der Waals surface area contributed by atoms with Gasteiger partial charge in [-0.25, -0.2) is 4.79 Å². The number of hydrogen-bond acceptors (Lipinski definition) is 6. The van der Waals surface area contributed by atoms with Crippen molar-refractivity contribution >= 4 is 29.6 Å². The highest BCUT2D eigenvalue weighted by molar-refractivity contribution is 5.96. The van der Waals surface area contributed by atoms with Crippen LogP contribution in [0.1, 0.15) is 53.4 Å². The fourth-order valence-corrected chi connectivity index (χ4v) is 3.31. The molecule has 1 saturated heterocycles. The van der Waals surface area contributed by atoms with Crippen LogP contribution in [0.4, 0.5) is 0 Å². The van der Waals surface area contributed by atoms with Crippen molar-refractivity contribution in [3.8, 4) is 0 Å². The highest BCUT2D eigenvalue weighted by atomic mass is 16.4. The molecule has 0 aliphatic carbocycles. The lowest BCUT2D eigenvalue weighted by Gasteiger charge is -2.28. The van der Waals surface area contributed by atoms with Crippen LogP contribution in [0.2, 0.25) is 0 Å². The van der Waals surface area contributed by atoms with Crippen molar-refractivity contribution in [3.63, 3.8) is 0 Å². The fraction of sp³-hybridized carbons (Fsp3) is 0.750. The van der Waals surface area contributed by atoms with Crippen molar-refractivity contribution in [1.29, 1.82) is 0 Å². The maximum absolute atomic E-state index is 12.8. The first-order valence-corrected chi connectivity index (χ1v) is 10.6. The first kappa shape index (κ1) is 26.3. The molecule has 31 heavy (non-hydrogen) atoms. The zero-order valence-corrected chi connectivity index (χ0v) is 18.6. The number of nitrogens with one attached hydrogen (secondary N) is 4. The van der Waals surface area contributed by atoms with Gasteiger partial charge in [-0.05, 0) is 31.2 Å². The monoisotopic (exact) mass is 441 g/mol. The Bertz CT molecular complexity index is 677. The Balaban J connectivity index is 2.91. The molecular weight excluding hydrogens is 406 g/mol. The van der Waals surface area contributed by atoms with Crippen molar-refractivity contribution < 1.29 is 29.1 Å². The van der Waals surface area contributed by atoms with E-state index >= 15 is 0 Å². The second-order valence-corrected chi connectivity index (χ2v) is 8.32. The Hall–Kier alpha value is -2.69. The summed E-state index contributed by atoms with van der Waals surface area (Å²) in [7, 11) is 0. The molecule has 176 valence electrons. The third kappa shape index (κ3) is 8.16. The minimum atomic E-state index is -1.24. The topological polar surface area (TPSA) is 180 Å². The minimum Gasteiger partial charge on any atom is -0.480 e. The van der Waals surface area contributed by atoms with Gasteiger partial charge in [-0.15, -0.1) is 0 Å². The van der Waals surface area contributed by atoms with E-state index in [0.29, 0.717) is 19.4 Å². The Kier molecular flexibility index (Phi) is 10.4. The van der Waals surface area contributed by atoms with Gasteiger partial charge in [0.2, 0.25) is 23.6 Å². The van der Waals surface area contributed by atoms with E-state index < -0.39 is 60.2 Å². The number of carboxylic acids is 1. The van der Waals surface area contributed by atoms with E-state index in [0.717, 1.165) is 6.42 Å². The average molecular weight is 442 g/mol. The van der Waals surface area contributed by atoms with Gasteiger partial charge in [0.1, 0.15) is 18.1 Å². The molecule has 1 rings (SSSR count). The van der Waals surface area contributed by atoms with Gasteiger partial charge in [0, 0.05) is 0 Å². The number of nitrogens with two attached hydrogens (primary N) is 1. The molecule has 1 aliphatic rings. The molecule has 1 heterocycles. The fourth-order valence-electron chi connectivity index (χ4n) is 3.31. The van der Waals surface area contributed by atoms with Gasteiger partial charge >= 0.3 is 5.97 Å². The van der Waals surface area contributed by atoms with Gasteiger partial charge in [0.25, 0.3) is 0 Å². The molecule has 7 N–H and O–H groups in total. The van der Waals surface area contributed by atoms with Crippen LogP contribution in [0.3, 0.4) is 0 Å². The number of amides is 4. The Morgan fingerprint density at radius 3 is 2.10 bits per heavy atom. The smallest absolute Gasteiger partial charge is 0.326 e. The van der Waals surface area contributed by atoms with Crippen LogP contribution in [-0.4, -0.2) is 65.4 Å². The quantitative estimate of drug-likeness (QED) is 0.221. The lowest BCUT2D eigenvalue weighted by Crippen LogP contribution is -2.59. The van der Waals surface area contributed by atoms with Crippen LogP contribution >= 0.6 is 0 Å². The molecule has 11 heteroatoms. The van der Waals surface area contributed by atoms with Crippen molar-refractivity contribution in [1.82, 2.24) is 21.3 Å². The summed E-state index contributed by atoms with van der Waals surface area (Å²) in [5.41, 5.74) is 5.23. The van der Waals surface area contributed by atoms with E-state index in [2.05, 4.69) is 21.3 Å². The molecule has 0 aromatic carbocycles. The third-order valence-electron chi connectivity index (χ3n) is 5.44. The number of rotatable bonds is 12. The molecular formula is C20H35N5O6. The molecule has 1 aliphatic heterocycles. The zero-order valence-electron chi connectivity index (χ0n) is 18.6. The van der Waals surface area contributed by atoms with Crippen molar-refractivity contribution in [2.75, 3.05) is 6.54 Å². The molecule has 0 spiro atoms. The molecule has 0 bridgehead atoms. The number of primary amides is 1. The molecule has 1 fully saturated rings. The van der Waals surface area contributed by atoms with Gasteiger partial charge in [-0.2, -0.15) is 0 Å². The molecule has 0 aromatic heterocycles. The van der Waals surface area contributed by atoms with Gasteiger partial charge in [-0.1, -0.05) is 34.1 Å². The molecule has 0 radical (unpaired) electrons. The molecule has 4 amide bonds. The van der Waals surface area contributed by atoms with Gasteiger partial charge < -0.3 is 32.1 Å². The zero-order chi connectivity index (χ0) is 23.7. The summed E-state index contributed by atoms with van der Waals surface area (Å²) in [6, 6.07) is -3.87. The van der Waals surface area contributed by atoms with Crippen LogP contribution in [0.15, 0.2) is 0 Å². The van der Waals surface area contributed by atoms with E-state index in [1.165, 1.54) is 0 Å². The third-order valence-corrected chi connectivity index (χ3v) is 5.44. The molecule has 5 atom stereocenters. The Morgan fingerprint density at radius 2 is 1.65 bits per heavy atom. The van der Waals surface area contributed by atoms with E-state index in [1.807, 2.05) is 6.92 Å². The summed E-state index contributed by atoms with van der Waals surface area (Å²) < 4.78 is 0. The Morgan fingerprint density at radius 1 is 1.03 bits per heavy atom. The number of aliphatic carboxylic acids is 1. The van der Waals surface area contributed by atoms with Gasteiger partial charge in [0.15, 0.2) is 0 Å². The van der Waals surface area contributed by atoms with Crippen LogP contribution in [0, 0.1) is 11.8 Å².